The number of amides is 1. The number of rotatable bonds is 4. The molecule has 3 nitrogen and oxygen atoms in total. The van der Waals surface area contributed by atoms with E-state index in [1.807, 2.05) is 0 Å². The van der Waals surface area contributed by atoms with Crippen molar-refractivity contribution in [2.45, 2.75) is 20.8 Å². The Morgan fingerprint density at radius 2 is 1.47 bits per heavy atom. The van der Waals surface area contributed by atoms with Crippen LogP contribution in [0.1, 0.15) is 10.4 Å². The van der Waals surface area contributed by atoms with Crippen molar-refractivity contribution in [3.05, 3.63) is 60.0 Å². The summed E-state index contributed by atoms with van der Waals surface area (Å²) in [5.41, 5.74) is -10.5. The maximum absolute atomic E-state index is 13.8. The zero-order valence-electron chi connectivity index (χ0n) is 14.4. The molecular weight excluding hydrogens is 457 g/mol. The number of fused-ring (bicyclic) bond motifs is 1. The van der Waals surface area contributed by atoms with E-state index in [1.165, 1.54) is 18.3 Å². The third-order valence-corrected chi connectivity index (χ3v) is 5.14. The van der Waals surface area contributed by atoms with Gasteiger partial charge in [0, 0.05) is 21.4 Å². The molecule has 0 spiro atoms. The van der Waals surface area contributed by atoms with Crippen LogP contribution < -0.4 is 5.32 Å². The van der Waals surface area contributed by atoms with Gasteiger partial charge in [-0.05, 0) is 47.8 Å². The Kier molecular flexibility index (Phi) is 6.18. The molecule has 1 amide bonds. The van der Waals surface area contributed by atoms with E-state index in [2.05, 4.69) is 10.3 Å². The number of para-hydroxylation sites is 1. The van der Waals surface area contributed by atoms with Gasteiger partial charge in [-0.25, -0.2) is 4.39 Å². The SMILES string of the molecule is O=C(Nc1cccc2cccnc12)c1c(SC(F)(F)F)cc(F)cc1SC(F)(F)F. The van der Waals surface area contributed by atoms with E-state index in [-0.39, 0.29) is 11.2 Å². The molecule has 1 N–H and O–H groups in total. The maximum atomic E-state index is 13.8. The van der Waals surface area contributed by atoms with Gasteiger partial charge in [-0.1, -0.05) is 18.2 Å². The molecule has 1 aromatic heterocycles. The molecule has 3 aromatic rings. The van der Waals surface area contributed by atoms with Crippen molar-refractivity contribution >= 4 is 46.0 Å². The number of anilines is 1. The van der Waals surface area contributed by atoms with Gasteiger partial charge in [0.25, 0.3) is 5.91 Å². The average Bonchev–Trinajstić information content (AvgIpc) is 2.58. The van der Waals surface area contributed by atoms with E-state index in [1.54, 1.807) is 18.2 Å². The van der Waals surface area contributed by atoms with E-state index in [9.17, 15) is 35.5 Å². The Morgan fingerprint density at radius 3 is 2.03 bits per heavy atom. The van der Waals surface area contributed by atoms with Crippen molar-refractivity contribution in [1.82, 2.24) is 4.98 Å². The van der Waals surface area contributed by atoms with Gasteiger partial charge < -0.3 is 5.32 Å². The number of nitrogens with zero attached hydrogens (tertiary/aromatic N) is 1. The normalized spacial score (nSPS) is 12.2. The molecule has 30 heavy (non-hydrogen) atoms. The third-order valence-electron chi connectivity index (χ3n) is 3.59. The molecule has 158 valence electrons. The van der Waals surface area contributed by atoms with Gasteiger partial charge in [0.2, 0.25) is 0 Å². The molecule has 0 aliphatic rings. The topological polar surface area (TPSA) is 42.0 Å². The van der Waals surface area contributed by atoms with E-state index in [0.29, 0.717) is 17.5 Å². The summed E-state index contributed by atoms with van der Waals surface area (Å²) in [4.78, 5) is 14.8. The Bertz CT molecular complexity index is 1060. The third kappa shape index (κ3) is 5.57. The molecule has 0 radical (unpaired) electrons. The van der Waals surface area contributed by atoms with Crippen molar-refractivity contribution in [2.24, 2.45) is 0 Å². The minimum absolute atomic E-state index is 0.0772. The fourth-order valence-electron chi connectivity index (χ4n) is 2.58. The molecule has 1 heterocycles. The molecule has 2 aromatic carbocycles. The van der Waals surface area contributed by atoms with Crippen LogP contribution in [0.15, 0.2) is 58.5 Å². The zero-order chi connectivity index (χ0) is 22.1. The number of carbonyl (C=O) groups is 1. The summed E-state index contributed by atoms with van der Waals surface area (Å²) in [6, 6.07) is 8.59. The highest BCUT2D eigenvalue weighted by atomic mass is 32.2. The second-order valence-corrected chi connectivity index (χ2v) is 7.92. The van der Waals surface area contributed by atoms with Gasteiger partial charge in [-0.15, -0.1) is 0 Å². The molecule has 0 saturated heterocycles. The maximum Gasteiger partial charge on any atom is 0.446 e. The zero-order valence-corrected chi connectivity index (χ0v) is 16.1. The van der Waals surface area contributed by atoms with Crippen LogP contribution in [0.25, 0.3) is 10.9 Å². The van der Waals surface area contributed by atoms with Crippen LogP contribution in [0.4, 0.5) is 36.4 Å². The highest BCUT2D eigenvalue weighted by molar-refractivity contribution is 8.01. The number of nitrogens with one attached hydrogen (secondary N) is 1. The number of halogens is 7. The van der Waals surface area contributed by atoms with E-state index >= 15 is 0 Å². The first-order valence-corrected chi connectivity index (χ1v) is 9.56. The van der Waals surface area contributed by atoms with Crippen LogP contribution in [0, 0.1) is 5.82 Å². The fraction of sp³-hybridized carbons (Fsp3) is 0.111. The lowest BCUT2D eigenvalue weighted by Gasteiger charge is -2.17. The van der Waals surface area contributed by atoms with Gasteiger partial charge in [-0.3, -0.25) is 9.78 Å². The van der Waals surface area contributed by atoms with Gasteiger partial charge in [-0.2, -0.15) is 26.3 Å². The standard InChI is InChI=1S/C18H9F7N2OS2/c19-10-7-12(29-17(20,21)22)14(13(8-10)30-18(23,24)25)16(28)27-11-5-1-3-9-4-2-6-26-15(9)11/h1-8H,(H,27,28). The summed E-state index contributed by atoms with van der Waals surface area (Å²) in [6.45, 7) is 0. The van der Waals surface area contributed by atoms with Gasteiger partial charge in [0.1, 0.15) is 5.82 Å². The summed E-state index contributed by atoms with van der Waals surface area (Å²) in [5, 5.41) is 2.87. The van der Waals surface area contributed by atoms with Crippen LogP contribution in [-0.2, 0) is 0 Å². The van der Waals surface area contributed by atoms with Crippen molar-refractivity contribution < 1.29 is 35.5 Å². The van der Waals surface area contributed by atoms with Crippen LogP contribution in [0.2, 0.25) is 0 Å². The van der Waals surface area contributed by atoms with Crippen molar-refractivity contribution in [3.8, 4) is 0 Å². The first-order valence-electron chi connectivity index (χ1n) is 7.93. The monoisotopic (exact) mass is 466 g/mol. The summed E-state index contributed by atoms with van der Waals surface area (Å²) in [5.74, 6) is -2.59. The number of alkyl halides is 6. The second kappa shape index (κ2) is 8.34. The Balaban J connectivity index is 2.10. The number of hydrogen-bond acceptors (Lipinski definition) is 4. The summed E-state index contributed by atoms with van der Waals surface area (Å²) in [6.07, 6.45) is 1.41. The number of hydrogen-bond donors (Lipinski definition) is 1. The molecule has 0 bridgehead atoms. The molecular formula is C18H9F7N2OS2. The lowest BCUT2D eigenvalue weighted by Crippen LogP contribution is -2.17. The van der Waals surface area contributed by atoms with E-state index < -0.39 is 61.6 Å². The second-order valence-electron chi connectivity index (χ2n) is 5.71. The van der Waals surface area contributed by atoms with Crippen LogP contribution in [0.5, 0.6) is 0 Å². The van der Waals surface area contributed by atoms with Gasteiger partial charge in [0.15, 0.2) is 0 Å². The quantitative estimate of drug-likeness (QED) is 0.337. The van der Waals surface area contributed by atoms with Gasteiger partial charge in [0.05, 0.1) is 16.8 Å². The Labute approximate surface area is 173 Å². The molecule has 0 atom stereocenters. The highest BCUT2D eigenvalue weighted by Crippen LogP contribution is 2.45. The predicted molar refractivity (Wildman–Crippen MR) is 99.9 cm³/mol. The van der Waals surface area contributed by atoms with E-state index in [0.717, 1.165) is 0 Å². The molecule has 3 rings (SSSR count). The minimum Gasteiger partial charge on any atom is -0.320 e. The average molecular weight is 466 g/mol. The van der Waals surface area contributed by atoms with Crippen LogP contribution in [0.3, 0.4) is 0 Å². The van der Waals surface area contributed by atoms with Crippen molar-refractivity contribution in [2.75, 3.05) is 5.32 Å². The fourth-order valence-corrected chi connectivity index (χ4v) is 4.10. The van der Waals surface area contributed by atoms with Crippen LogP contribution >= 0.6 is 23.5 Å². The molecule has 0 fully saturated rings. The van der Waals surface area contributed by atoms with Gasteiger partial charge >= 0.3 is 11.0 Å². The molecule has 0 aliphatic heterocycles. The predicted octanol–water partition coefficient (Wildman–Crippen LogP) is 6.85. The minimum atomic E-state index is -4.95. The summed E-state index contributed by atoms with van der Waals surface area (Å²) < 4.78 is 91.1. The lowest BCUT2D eigenvalue weighted by molar-refractivity contribution is -0.0334. The molecule has 0 saturated carbocycles. The molecule has 12 heteroatoms. The number of benzene rings is 2. The van der Waals surface area contributed by atoms with Crippen molar-refractivity contribution in [1.29, 1.82) is 0 Å². The highest BCUT2D eigenvalue weighted by Gasteiger charge is 2.36. The lowest BCUT2D eigenvalue weighted by atomic mass is 10.1. The van der Waals surface area contributed by atoms with Crippen LogP contribution in [-0.4, -0.2) is 21.9 Å². The molecule has 0 unspecified atom stereocenters. The molecule has 0 aliphatic carbocycles. The largest absolute Gasteiger partial charge is 0.446 e. The first-order chi connectivity index (χ1) is 13.9. The first kappa shape index (κ1) is 22.2. The number of aromatic nitrogens is 1. The summed E-state index contributed by atoms with van der Waals surface area (Å²) in [7, 11) is 0. The Hall–Kier alpha value is -2.47. The van der Waals surface area contributed by atoms with E-state index in [4.69, 9.17) is 0 Å². The smallest absolute Gasteiger partial charge is 0.320 e. The number of thioether (sulfide) groups is 2. The summed E-state index contributed by atoms with van der Waals surface area (Å²) >= 11 is -1.75. The van der Waals surface area contributed by atoms with Crippen molar-refractivity contribution in [3.63, 3.8) is 0 Å². The number of pyridine rings is 1. The number of carbonyl (C=O) groups excluding carboxylic acids is 1. The Morgan fingerprint density at radius 1 is 0.900 bits per heavy atom.